The summed E-state index contributed by atoms with van der Waals surface area (Å²) in [6.07, 6.45) is 2.62. The van der Waals surface area contributed by atoms with Crippen molar-refractivity contribution in [1.29, 1.82) is 0 Å². The van der Waals surface area contributed by atoms with Crippen molar-refractivity contribution in [2.45, 2.75) is 36.8 Å². The zero-order valence-electron chi connectivity index (χ0n) is 20.7. The van der Waals surface area contributed by atoms with Crippen LogP contribution in [0.25, 0.3) is 11.8 Å². The Bertz CT molecular complexity index is 1470. The van der Waals surface area contributed by atoms with Crippen molar-refractivity contribution in [2.24, 2.45) is 11.3 Å². The molecule has 204 valence electrons. The Hall–Kier alpha value is -3.38. The summed E-state index contributed by atoms with van der Waals surface area (Å²) in [7, 11) is -1.84. The summed E-state index contributed by atoms with van der Waals surface area (Å²) in [5.74, 6) is -0.419. The van der Waals surface area contributed by atoms with Gasteiger partial charge in [-0.15, -0.1) is 0 Å². The second kappa shape index (κ2) is 9.67. The Labute approximate surface area is 224 Å². The molecule has 1 aromatic carbocycles. The molecule has 3 heterocycles. The van der Waals surface area contributed by atoms with Gasteiger partial charge in [0.1, 0.15) is 27.9 Å². The zero-order valence-corrected chi connectivity index (χ0v) is 21.5. The number of aromatic nitrogens is 3. The lowest BCUT2D eigenvalue weighted by Gasteiger charge is -2.43. The summed E-state index contributed by atoms with van der Waals surface area (Å²) in [4.78, 5) is 17.2. The fourth-order valence-electron chi connectivity index (χ4n) is 5.13. The fraction of sp³-hybridized carbons (Fsp3) is 0.370. The highest BCUT2D eigenvalue weighted by Crippen LogP contribution is 2.46. The lowest BCUT2D eigenvalue weighted by atomic mass is 9.69. The van der Waals surface area contributed by atoms with Crippen LogP contribution in [0.4, 0.5) is 17.6 Å². The number of esters is 1. The molecule has 7 nitrogen and oxygen atoms in total. The normalized spacial score (nSPS) is 22.0. The molecular weight excluding hydrogens is 536 g/mol. The average molecular weight is 561 g/mol. The Kier molecular flexibility index (Phi) is 6.41. The van der Waals surface area contributed by atoms with Gasteiger partial charge in [0.15, 0.2) is 0 Å². The minimum absolute atomic E-state index is 0.0666. The minimum atomic E-state index is -4.60. The molecule has 1 saturated heterocycles. The van der Waals surface area contributed by atoms with Gasteiger partial charge in [-0.25, -0.2) is 17.6 Å². The summed E-state index contributed by atoms with van der Waals surface area (Å²) >= 11 is 0. The molecule has 12 heteroatoms. The predicted molar refractivity (Wildman–Crippen MR) is 133 cm³/mol. The molecule has 2 fully saturated rings. The Morgan fingerprint density at radius 3 is 2.56 bits per heavy atom. The van der Waals surface area contributed by atoms with Crippen molar-refractivity contribution in [3.63, 3.8) is 0 Å². The molecule has 2 atom stereocenters. The van der Waals surface area contributed by atoms with E-state index >= 15 is 0 Å². The largest absolute Gasteiger partial charge is 0.465 e. The average Bonchev–Trinajstić information content (AvgIpc) is 3.68. The molecule has 3 aromatic rings. The third-order valence-corrected chi connectivity index (χ3v) is 8.88. The molecule has 6 rings (SSSR count). The standard InChI is InChI=1S/C27H24F4N4O3S/c28-20-3-5-21(6-4-20)35-23-11-19-9-10-34(39(37)22-7-8-24(32-14-22)27(29,30)31)16-26(19,12-18(23)13-33-35)25(36)38-15-17-1-2-17/h3-8,11,13-14,17H,1-2,9-10,12,15-16H2/t26-,39?/m0/s1. The van der Waals surface area contributed by atoms with Crippen LogP contribution < -0.4 is 0 Å². The molecule has 1 unspecified atom stereocenters. The topological polar surface area (TPSA) is 77.3 Å². The van der Waals surface area contributed by atoms with Crippen molar-refractivity contribution in [1.82, 2.24) is 19.1 Å². The Morgan fingerprint density at radius 1 is 1.13 bits per heavy atom. The number of halogens is 4. The number of alkyl halides is 3. The van der Waals surface area contributed by atoms with Gasteiger partial charge in [-0.1, -0.05) is 0 Å². The molecular formula is C27H24F4N4O3S. The van der Waals surface area contributed by atoms with Crippen LogP contribution in [0.15, 0.2) is 59.3 Å². The molecule has 1 saturated carbocycles. The van der Waals surface area contributed by atoms with Gasteiger partial charge in [-0.05, 0) is 85.2 Å². The van der Waals surface area contributed by atoms with Crippen LogP contribution in [0.3, 0.4) is 0 Å². The number of piperidine rings is 1. The predicted octanol–water partition coefficient (Wildman–Crippen LogP) is 4.73. The third kappa shape index (κ3) is 4.91. The first kappa shape index (κ1) is 25.9. The number of pyridine rings is 1. The van der Waals surface area contributed by atoms with E-state index in [4.69, 9.17) is 4.74 Å². The Balaban J connectivity index is 1.32. The van der Waals surface area contributed by atoms with Gasteiger partial charge in [0.2, 0.25) is 0 Å². The molecule has 3 aliphatic rings. The van der Waals surface area contributed by atoms with Gasteiger partial charge >= 0.3 is 12.1 Å². The van der Waals surface area contributed by atoms with E-state index in [9.17, 15) is 26.6 Å². The van der Waals surface area contributed by atoms with Crippen LogP contribution in [0.5, 0.6) is 0 Å². The van der Waals surface area contributed by atoms with E-state index in [1.807, 2.05) is 6.08 Å². The first-order valence-electron chi connectivity index (χ1n) is 12.6. The van der Waals surface area contributed by atoms with Gasteiger partial charge < -0.3 is 4.74 Å². The fourth-order valence-corrected chi connectivity index (χ4v) is 6.35. The maximum atomic E-state index is 13.7. The van der Waals surface area contributed by atoms with Crippen molar-refractivity contribution in [2.75, 3.05) is 19.7 Å². The maximum absolute atomic E-state index is 13.7. The highest BCUT2D eigenvalue weighted by Gasteiger charge is 2.51. The van der Waals surface area contributed by atoms with Gasteiger partial charge in [0.25, 0.3) is 0 Å². The van der Waals surface area contributed by atoms with E-state index in [1.165, 1.54) is 12.1 Å². The lowest BCUT2D eigenvalue weighted by Crippen LogP contribution is -2.52. The molecule has 0 spiro atoms. The Morgan fingerprint density at radius 2 is 1.90 bits per heavy atom. The monoisotopic (exact) mass is 560 g/mol. The van der Waals surface area contributed by atoms with Crippen LogP contribution in [-0.4, -0.2) is 48.9 Å². The number of hydrogen-bond acceptors (Lipinski definition) is 5. The van der Waals surface area contributed by atoms with E-state index in [1.54, 1.807) is 27.3 Å². The SMILES string of the molecule is O=C(OCC1CC1)[C@]12Cc3cnn(-c4ccc(F)cc4)c3C=C1CCN(S(=O)c1ccc(C(F)(F)F)nc1)C2. The number of ether oxygens (including phenoxy) is 1. The highest BCUT2D eigenvalue weighted by atomic mass is 32.2. The second-order valence-corrected chi connectivity index (χ2v) is 11.6. The maximum Gasteiger partial charge on any atom is 0.433 e. The first-order chi connectivity index (χ1) is 18.6. The third-order valence-electron chi connectivity index (χ3n) is 7.45. The van der Waals surface area contributed by atoms with Crippen LogP contribution in [0.1, 0.15) is 36.2 Å². The van der Waals surface area contributed by atoms with Crippen molar-refractivity contribution >= 4 is 23.0 Å². The number of benzene rings is 1. The number of carbonyl (C=O) groups is 1. The smallest absolute Gasteiger partial charge is 0.433 e. The molecule has 0 radical (unpaired) electrons. The van der Waals surface area contributed by atoms with E-state index in [0.29, 0.717) is 31.2 Å². The summed E-state index contributed by atoms with van der Waals surface area (Å²) in [6, 6.07) is 7.90. The summed E-state index contributed by atoms with van der Waals surface area (Å²) in [5.41, 5.74) is 0.876. The molecule has 0 bridgehead atoms. The van der Waals surface area contributed by atoms with Gasteiger partial charge in [0.05, 0.1) is 29.1 Å². The van der Waals surface area contributed by atoms with E-state index in [2.05, 4.69) is 10.1 Å². The molecule has 0 amide bonds. The van der Waals surface area contributed by atoms with Crippen molar-refractivity contribution in [3.8, 4) is 5.69 Å². The summed E-state index contributed by atoms with van der Waals surface area (Å²) < 4.78 is 74.8. The van der Waals surface area contributed by atoms with E-state index in [0.717, 1.165) is 48.0 Å². The summed E-state index contributed by atoms with van der Waals surface area (Å²) in [6.45, 7) is 0.704. The number of rotatable bonds is 6. The molecule has 2 aliphatic carbocycles. The van der Waals surface area contributed by atoms with Gasteiger partial charge in [-0.3, -0.25) is 9.78 Å². The molecule has 0 N–H and O–H groups in total. The summed E-state index contributed by atoms with van der Waals surface area (Å²) in [5, 5.41) is 4.48. The quantitative estimate of drug-likeness (QED) is 0.322. The van der Waals surface area contributed by atoms with Crippen LogP contribution in [-0.2, 0) is 33.1 Å². The van der Waals surface area contributed by atoms with Crippen molar-refractivity contribution in [3.05, 3.63) is 77.1 Å². The zero-order chi connectivity index (χ0) is 27.4. The molecule has 39 heavy (non-hydrogen) atoms. The number of nitrogens with zero attached hydrogens (tertiary/aromatic N) is 4. The van der Waals surface area contributed by atoms with E-state index in [-0.39, 0.29) is 23.7 Å². The number of carbonyl (C=O) groups excluding carboxylic acids is 1. The molecule has 1 aliphatic heterocycles. The van der Waals surface area contributed by atoms with Crippen LogP contribution >= 0.6 is 0 Å². The molecule has 2 aromatic heterocycles. The van der Waals surface area contributed by atoms with Crippen LogP contribution in [0, 0.1) is 17.2 Å². The van der Waals surface area contributed by atoms with Crippen molar-refractivity contribution < 1.29 is 31.3 Å². The van der Waals surface area contributed by atoms with Gasteiger partial charge in [-0.2, -0.15) is 18.3 Å². The van der Waals surface area contributed by atoms with E-state index < -0.39 is 34.2 Å². The second-order valence-electron chi connectivity index (χ2n) is 10.2. The lowest BCUT2D eigenvalue weighted by molar-refractivity contribution is -0.155. The first-order valence-corrected chi connectivity index (χ1v) is 13.7. The van der Waals surface area contributed by atoms with Gasteiger partial charge in [0, 0.05) is 19.3 Å². The number of fused-ring (bicyclic) bond motifs is 2. The van der Waals surface area contributed by atoms with Crippen LogP contribution in [0.2, 0.25) is 0 Å². The minimum Gasteiger partial charge on any atom is -0.465 e. The number of hydrogen-bond donors (Lipinski definition) is 0. The highest BCUT2D eigenvalue weighted by molar-refractivity contribution is 7.82.